The van der Waals surface area contributed by atoms with Gasteiger partial charge in [0.15, 0.2) is 0 Å². The first kappa shape index (κ1) is 8.91. The second-order valence-corrected chi connectivity index (χ2v) is 3.61. The van der Waals surface area contributed by atoms with Gasteiger partial charge in [-0.25, -0.2) is 4.98 Å². The molecule has 0 aliphatic carbocycles. The minimum Gasteiger partial charge on any atom is -0.397 e. The van der Waals surface area contributed by atoms with E-state index in [4.69, 9.17) is 5.73 Å². The predicted molar refractivity (Wildman–Crippen MR) is 63.7 cm³/mol. The van der Waals surface area contributed by atoms with Crippen LogP contribution in [0.5, 0.6) is 0 Å². The number of hydrogen-bond donors (Lipinski definition) is 2. The molecule has 0 aromatic carbocycles. The maximum absolute atomic E-state index is 5.84. The van der Waals surface area contributed by atoms with Gasteiger partial charge in [0, 0.05) is 41.3 Å². The number of nitrogens with two attached hydrogens (primary N) is 1. The van der Waals surface area contributed by atoms with Crippen molar-refractivity contribution < 1.29 is 0 Å². The number of nitrogens with zero attached hydrogens (tertiary/aromatic N) is 2. The van der Waals surface area contributed by atoms with Gasteiger partial charge in [0.25, 0.3) is 0 Å². The van der Waals surface area contributed by atoms with Crippen molar-refractivity contribution >= 4 is 16.7 Å². The highest BCUT2D eigenvalue weighted by Gasteiger charge is 2.04. The molecule has 0 aliphatic heterocycles. The molecule has 0 aliphatic rings. The van der Waals surface area contributed by atoms with Crippen molar-refractivity contribution in [2.45, 2.75) is 0 Å². The lowest BCUT2D eigenvalue weighted by molar-refractivity contribution is 1.30. The number of anilines is 1. The van der Waals surface area contributed by atoms with E-state index >= 15 is 0 Å². The topological polar surface area (TPSA) is 67.6 Å². The van der Waals surface area contributed by atoms with Crippen LogP contribution in [-0.2, 0) is 0 Å². The molecule has 0 fully saturated rings. The zero-order chi connectivity index (χ0) is 11.0. The minimum absolute atomic E-state index is 0.716. The molecule has 3 heterocycles. The molecule has 0 bridgehead atoms. The Bertz CT molecular complexity index is 628. The molecule has 4 nitrogen and oxygen atoms in total. The summed E-state index contributed by atoms with van der Waals surface area (Å²) in [5.41, 5.74) is 9.42. The average Bonchev–Trinajstić information content (AvgIpc) is 2.72. The highest BCUT2D eigenvalue weighted by Crippen LogP contribution is 2.24. The van der Waals surface area contributed by atoms with Gasteiger partial charge < -0.3 is 10.7 Å². The lowest BCUT2D eigenvalue weighted by Crippen LogP contribution is -1.84. The Hall–Kier alpha value is -2.36. The van der Waals surface area contributed by atoms with Gasteiger partial charge in [-0.2, -0.15) is 0 Å². The van der Waals surface area contributed by atoms with Crippen LogP contribution in [0.2, 0.25) is 0 Å². The number of hydrogen-bond acceptors (Lipinski definition) is 3. The van der Waals surface area contributed by atoms with Gasteiger partial charge in [0.05, 0.1) is 5.69 Å². The quantitative estimate of drug-likeness (QED) is 0.647. The molecular formula is C12H10N4. The van der Waals surface area contributed by atoms with Crippen LogP contribution in [0.25, 0.3) is 22.2 Å². The molecule has 0 unspecified atom stereocenters. The lowest BCUT2D eigenvalue weighted by Gasteiger charge is -2.00. The SMILES string of the molecule is Nc1c[nH]c2ncc(-c3cccnc3)cc12. The van der Waals surface area contributed by atoms with Crippen molar-refractivity contribution in [2.24, 2.45) is 0 Å². The van der Waals surface area contributed by atoms with Crippen molar-refractivity contribution in [3.05, 3.63) is 43.0 Å². The number of pyridine rings is 2. The summed E-state index contributed by atoms with van der Waals surface area (Å²) >= 11 is 0. The van der Waals surface area contributed by atoms with E-state index in [0.29, 0.717) is 5.69 Å². The molecule has 0 radical (unpaired) electrons. The van der Waals surface area contributed by atoms with E-state index in [1.807, 2.05) is 30.6 Å². The third kappa shape index (κ3) is 1.32. The van der Waals surface area contributed by atoms with E-state index < -0.39 is 0 Å². The van der Waals surface area contributed by atoms with Crippen LogP contribution in [-0.4, -0.2) is 15.0 Å². The molecule has 4 heteroatoms. The van der Waals surface area contributed by atoms with Crippen LogP contribution in [0.15, 0.2) is 43.0 Å². The molecule has 3 N–H and O–H groups in total. The number of nitrogen functional groups attached to an aromatic ring is 1. The summed E-state index contributed by atoms with van der Waals surface area (Å²) in [5.74, 6) is 0. The van der Waals surface area contributed by atoms with E-state index in [1.54, 1.807) is 12.4 Å². The van der Waals surface area contributed by atoms with Gasteiger partial charge in [-0.1, -0.05) is 6.07 Å². The second-order valence-electron chi connectivity index (χ2n) is 3.61. The van der Waals surface area contributed by atoms with Crippen LogP contribution < -0.4 is 5.73 Å². The van der Waals surface area contributed by atoms with Crippen molar-refractivity contribution in [3.63, 3.8) is 0 Å². The van der Waals surface area contributed by atoms with Gasteiger partial charge in [-0.3, -0.25) is 4.98 Å². The maximum atomic E-state index is 5.84. The first-order chi connectivity index (χ1) is 7.84. The summed E-state index contributed by atoms with van der Waals surface area (Å²) in [6.45, 7) is 0. The zero-order valence-electron chi connectivity index (χ0n) is 8.51. The summed E-state index contributed by atoms with van der Waals surface area (Å²) in [5, 5.41) is 0.946. The molecule has 0 atom stereocenters. The number of aromatic amines is 1. The predicted octanol–water partition coefficient (Wildman–Crippen LogP) is 2.21. The number of fused-ring (bicyclic) bond motifs is 1. The normalized spacial score (nSPS) is 10.8. The molecule has 3 aromatic heterocycles. The molecule has 0 saturated carbocycles. The first-order valence-electron chi connectivity index (χ1n) is 4.97. The summed E-state index contributed by atoms with van der Waals surface area (Å²) in [7, 11) is 0. The highest BCUT2D eigenvalue weighted by molar-refractivity contribution is 5.91. The van der Waals surface area contributed by atoms with Gasteiger partial charge >= 0.3 is 0 Å². The number of nitrogens with one attached hydrogen (secondary N) is 1. The second kappa shape index (κ2) is 3.34. The van der Waals surface area contributed by atoms with E-state index in [0.717, 1.165) is 22.2 Å². The Balaban J connectivity index is 2.22. The summed E-state index contributed by atoms with van der Waals surface area (Å²) < 4.78 is 0. The fourth-order valence-electron chi connectivity index (χ4n) is 1.72. The number of rotatable bonds is 1. The smallest absolute Gasteiger partial charge is 0.139 e. The molecule has 0 spiro atoms. The fraction of sp³-hybridized carbons (Fsp3) is 0. The van der Waals surface area contributed by atoms with Crippen LogP contribution >= 0.6 is 0 Å². The Kier molecular flexibility index (Phi) is 1.86. The van der Waals surface area contributed by atoms with Gasteiger partial charge in [0.2, 0.25) is 0 Å². The van der Waals surface area contributed by atoms with Crippen LogP contribution in [0.1, 0.15) is 0 Å². The molecule has 16 heavy (non-hydrogen) atoms. The largest absolute Gasteiger partial charge is 0.397 e. The van der Waals surface area contributed by atoms with Gasteiger partial charge in [-0.05, 0) is 12.1 Å². The molecule has 78 valence electrons. The summed E-state index contributed by atoms with van der Waals surface area (Å²) in [6, 6.07) is 5.92. The Morgan fingerprint density at radius 2 is 2.12 bits per heavy atom. The molecule has 3 aromatic rings. The molecular weight excluding hydrogens is 200 g/mol. The monoisotopic (exact) mass is 210 g/mol. The Morgan fingerprint density at radius 1 is 1.19 bits per heavy atom. The van der Waals surface area contributed by atoms with Crippen LogP contribution in [0.4, 0.5) is 5.69 Å². The van der Waals surface area contributed by atoms with Gasteiger partial charge in [-0.15, -0.1) is 0 Å². The lowest BCUT2D eigenvalue weighted by atomic mass is 10.1. The van der Waals surface area contributed by atoms with Crippen molar-refractivity contribution in [1.29, 1.82) is 0 Å². The molecule has 0 amide bonds. The van der Waals surface area contributed by atoms with Crippen LogP contribution in [0.3, 0.4) is 0 Å². The van der Waals surface area contributed by atoms with E-state index in [1.165, 1.54) is 0 Å². The van der Waals surface area contributed by atoms with Gasteiger partial charge in [0.1, 0.15) is 5.65 Å². The fourth-order valence-corrected chi connectivity index (χ4v) is 1.72. The number of H-pyrrole nitrogens is 1. The first-order valence-corrected chi connectivity index (χ1v) is 4.97. The highest BCUT2D eigenvalue weighted by atomic mass is 14.9. The maximum Gasteiger partial charge on any atom is 0.139 e. The average molecular weight is 210 g/mol. The molecule has 3 rings (SSSR count). The van der Waals surface area contributed by atoms with Crippen LogP contribution in [0, 0.1) is 0 Å². The Morgan fingerprint density at radius 3 is 2.94 bits per heavy atom. The third-order valence-corrected chi connectivity index (χ3v) is 2.56. The van der Waals surface area contributed by atoms with Crippen molar-refractivity contribution in [1.82, 2.24) is 15.0 Å². The standard InChI is InChI=1S/C12H10N4/c13-11-7-16-12-10(11)4-9(6-15-12)8-2-1-3-14-5-8/h1-7H,13H2,(H,15,16). The number of aromatic nitrogens is 3. The van der Waals surface area contributed by atoms with Crippen molar-refractivity contribution in [3.8, 4) is 11.1 Å². The minimum atomic E-state index is 0.716. The zero-order valence-corrected chi connectivity index (χ0v) is 8.51. The van der Waals surface area contributed by atoms with Crippen molar-refractivity contribution in [2.75, 3.05) is 5.73 Å². The Labute approximate surface area is 92.2 Å². The van der Waals surface area contributed by atoms with E-state index in [2.05, 4.69) is 15.0 Å². The van der Waals surface area contributed by atoms with E-state index in [9.17, 15) is 0 Å². The summed E-state index contributed by atoms with van der Waals surface area (Å²) in [6.07, 6.45) is 7.13. The van der Waals surface area contributed by atoms with E-state index in [-0.39, 0.29) is 0 Å². The third-order valence-electron chi connectivity index (χ3n) is 2.56. The molecule has 0 saturated heterocycles. The summed E-state index contributed by atoms with van der Waals surface area (Å²) in [4.78, 5) is 11.4.